The Bertz CT molecular complexity index is 1390. The third-order valence-electron chi connectivity index (χ3n) is 4.45. The topological polar surface area (TPSA) is 129 Å². The molecule has 16 heteroatoms. The standard InChI is InChI=1S/C20H12F6N8O2/c21-19(22,23)15-5-12(3-4-28-15)31-18(35)32-16-9-34(33-36-16)8-13-2-1-11(6-29-13)14-7-27-10-30-17(14)20(24,25)26/h1-7,9-10H,8H2,(H-,28,31,32,33,35). The highest BCUT2D eigenvalue weighted by Gasteiger charge is 2.36. The molecule has 4 aromatic rings. The van der Waals surface area contributed by atoms with Gasteiger partial charge in [-0.3, -0.25) is 14.5 Å². The smallest absolute Gasteiger partial charge is 0.434 e. The van der Waals surface area contributed by atoms with E-state index in [1.807, 2.05) is 0 Å². The van der Waals surface area contributed by atoms with Crippen molar-refractivity contribution in [3.63, 3.8) is 0 Å². The van der Waals surface area contributed by atoms with Crippen molar-refractivity contribution in [2.45, 2.75) is 18.9 Å². The van der Waals surface area contributed by atoms with Gasteiger partial charge in [0.15, 0.2) is 5.69 Å². The first-order valence-corrected chi connectivity index (χ1v) is 9.74. The fourth-order valence-corrected chi connectivity index (χ4v) is 2.92. The summed E-state index contributed by atoms with van der Waals surface area (Å²) in [6.07, 6.45) is -4.20. The molecule has 0 aromatic carbocycles. The summed E-state index contributed by atoms with van der Waals surface area (Å²) in [6, 6.07) is 3.63. The Hall–Kier alpha value is -4.63. The van der Waals surface area contributed by atoms with E-state index in [0.717, 1.165) is 24.8 Å². The molecule has 0 saturated heterocycles. The van der Waals surface area contributed by atoms with E-state index < -0.39 is 29.8 Å². The van der Waals surface area contributed by atoms with Crippen LogP contribution in [0.25, 0.3) is 11.1 Å². The van der Waals surface area contributed by atoms with Gasteiger partial charge >= 0.3 is 18.2 Å². The number of rotatable bonds is 5. The molecule has 0 radical (unpaired) electrons. The normalized spacial score (nSPS) is 12.6. The number of alkyl halides is 6. The molecule has 0 fully saturated rings. The van der Waals surface area contributed by atoms with E-state index in [4.69, 9.17) is 4.52 Å². The molecule has 4 rings (SSSR count). The first-order valence-electron chi connectivity index (χ1n) is 9.74. The highest BCUT2D eigenvalue weighted by Crippen LogP contribution is 2.34. The van der Waals surface area contributed by atoms with E-state index in [2.05, 4.69) is 35.5 Å². The SMILES string of the molecule is [O-]C(=Nc1c[n+](Cc2ccc(-c3cncnc3C(F)(F)F)cn2)no1)Nc1ccnc(C(F)(F)F)c1. The summed E-state index contributed by atoms with van der Waals surface area (Å²) >= 11 is 0. The van der Waals surface area contributed by atoms with Gasteiger partial charge < -0.3 is 10.4 Å². The molecular weight excluding hydrogens is 498 g/mol. The van der Waals surface area contributed by atoms with Crippen LogP contribution in [0.1, 0.15) is 17.1 Å². The van der Waals surface area contributed by atoms with Crippen molar-refractivity contribution >= 4 is 17.6 Å². The Balaban J connectivity index is 1.44. The van der Waals surface area contributed by atoms with Crippen molar-refractivity contribution in [3.05, 3.63) is 72.5 Å². The predicted molar refractivity (Wildman–Crippen MR) is 106 cm³/mol. The fraction of sp³-hybridized carbons (Fsp3) is 0.150. The van der Waals surface area contributed by atoms with Crippen molar-refractivity contribution in [2.24, 2.45) is 4.99 Å². The Morgan fingerprint density at radius 1 is 1.03 bits per heavy atom. The number of nitrogens with one attached hydrogen (secondary N) is 1. The molecule has 0 saturated carbocycles. The maximum atomic E-state index is 13.2. The molecule has 0 bridgehead atoms. The molecule has 0 aliphatic rings. The van der Waals surface area contributed by atoms with Gasteiger partial charge in [0, 0.05) is 35.4 Å². The van der Waals surface area contributed by atoms with E-state index in [1.54, 1.807) is 0 Å². The van der Waals surface area contributed by atoms with Gasteiger partial charge in [-0.15, -0.1) is 0 Å². The first-order chi connectivity index (χ1) is 17.0. The summed E-state index contributed by atoms with van der Waals surface area (Å²) < 4.78 is 83.8. The lowest BCUT2D eigenvalue weighted by molar-refractivity contribution is -0.755. The number of hydrogen-bond donors (Lipinski definition) is 1. The quantitative estimate of drug-likeness (QED) is 0.188. The second kappa shape index (κ2) is 9.55. The molecular formula is C20H12F6N8O2. The van der Waals surface area contributed by atoms with Crippen LogP contribution < -0.4 is 15.1 Å². The minimum Gasteiger partial charge on any atom is -0.846 e. The molecule has 0 amide bonds. The fourth-order valence-electron chi connectivity index (χ4n) is 2.92. The average Bonchev–Trinajstić information content (AvgIpc) is 3.25. The number of hydrogen-bond acceptors (Lipinski definition) is 8. The summed E-state index contributed by atoms with van der Waals surface area (Å²) in [7, 11) is 0. The molecule has 0 atom stereocenters. The zero-order chi connectivity index (χ0) is 25.9. The van der Waals surface area contributed by atoms with Gasteiger partial charge in [-0.25, -0.2) is 15.0 Å². The van der Waals surface area contributed by atoms with Crippen molar-refractivity contribution in [3.8, 4) is 11.1 Å². The second-order valence-electron chi connectivity index (χ2n) is 7.03. The van der Waals surface area contributed by atoms with Crippen LogP contribution in [-0.2, 0) is 18.9 Å². The molecule has 0 aliphatic carbocycles. The number of amidine groups is 1. The van der Waals surface area contributed by atoms with Crippen LogP contribution in [0.5, 0.6) is 0 Å². The van der Waals surface area contributed by atoms with Crippen LogP contribution >= 0.6 is 0 Å². The zero-order valence-corrected chi connectivity index (χ0v) is 17.6. The van der Waals surface area contributed by atoms with Crippen LogP contribution in [0.4, 0.5) is 37.9 Å². The highest BCUT2D eigenvalue weighted by molar-refractivity contribution is 5.86. The summed E-state index contributed by atoms with van der Waals surface area (Å²) in [5, 5.41) is 17.8. The van der Waals surface area contributed by atoms with E-state index in [1.165, 1.54) is 29.2 Å². The zero-order valence-electron chi connectivity index (χ0n) is 17.6. The number of pyridine rings is 2. The van der Waals surface area contributed by atoms with Gasteiger partial charge in [0.1, 0.15) is 17.7 Å². The van der Waals surface area contributed by atoms with E-state index in [0.29, 0.717) is 11.8 Å². The first kappa shape index (κ1) is 24.5. The lowest BCUT2D eigenvalue weighted by atomic mass is 10.1. The summed E-state index contributed by atoms with van der Waals surface area (Å²) in [4.78, 5) is 17.8. The Morgan fingerprint density at radius 3 is 2.53 bits per heavy atom. The van der Waals surface area contributed by atoms with Crippen LogP contribution in [0, 0.1) is 0 Å². The van der Waals surface area contributed by atoms with Crippen LogP contribution in [0.2, 0.25) is 0 Å². The monoisotopic (exact) mass is 510 g/mol. The van der Waals surface area contributed by atoms with Crippen molar-refractivity contribution < 1.29 is 40.7 Å². The van der Waals surface area contributed by atoms with Gasteiger partial charge in [0.25, 0.3) is 6.20 Å². The minimum absolute atomic E-state index is 0.0115. The third kappa shape index (κ3) is 5.89. The van der Waals surface area contributed by atoms with Crippen LogP contribution in [0.15, 0.2) is 64.9 Å². The van der Waals surface area contributed by atoms with Gasteiger partial charge in [-0.2, -0.15) is 26.3 Å². The lowest BCUT2D eigenvalue weighted by Gasteiger charge is -2.13. The number of halogens is 6. The third-order valence-corrected chi connectivity index (χ3v) is 4.45. The van der Waals surface area contributed by atoms with Gasteiger partial charge in [0.05, 0.1) is 6.02 Å². The molecule has 36 heavy (non-hydrogen) atoms. The molecule has 0 unspecified atom stereocenters. The van der Waals surface area contributed by atoms with Crippen molar-refractivity contribution in [2.75, 3.05) is 5.32 Å². The Morgan fingerprint density at radius 2 is 1.83 bits per heavy atom. The summed E-state index contributed by atoms with van der Waals surface area (Å²) in [5.41, 5.74) is -2.17. The molecule has 186 valence electrons. The molecule has 0 aliphatic heterocycles. The Labute approximate surface area is 197 Å². The molecule has 0 spiro atoms. The van der Waals surface area contributed by atoms with E-state index >= 15 is 0 Å². The van der Waals surface area contributed by atoms with Gasteiger partial charge in [-0.1, -0.05) is 6.07 Å². The largest absolute Gasteiger partial charge is 0.846 e. The van der Waals surface area contributed by atoms with Gasteiger partial charge in [-0.05, 0) is 22.9 Å². The number of aliphatic imine (C=N–C) groups is 1. The van der Waals surface area contributed by atoms with Crippen molar-refractivity contribution in [1.29, 1.82) is 0 Å². The lowest BCUT2D eigenvalue weighted by Crippen LogP contribution is -2.35. The second-order valence-corrected chi connectivity index (χ2v) is 7.03. The van der Waals surface area contributed by atoms with Crippen LogP contribution in [-0.4, -0.2) is 31.2 Å². The predicted octanol–water partition coefficient (Wildman–Crippen LogP) is 2.75. The van der Waals surface area contributed by atoms with Crippen molar-refractivity contribution in [1.82, 2.24) is 25.2 Å². The van der Waals surface area contributed by atoms with E-state index in [9.17, 15) is 31.4 Å². The van der Waals surface area contributed by atoms with Gasteiger partial charge in [0.2, 0.25) is 11.8 Å². The molecule has 4 aromatic heterocycles. The number of aromatic nitrogens is 6. The maximum absolute atomic E-state index is 13.2. The summed E-state index contributed by atoms with van der Waals surface area (Å²) in [5.74, 6) is -0.259. The van der Waals surface area contributed by atoms with Crippen LogP contribution in [0.3, 0.4) is 0 Å². The maximum Gasteiger partial charge on any atom is 0.434 e. The molecule has 1 N–H and O–H groups in total. The van der Waals surface area contributed by atoms with E-state index in [-0.39, 0.29) is 29.2 Å². The minimum atomic E-state index is -4.68. The highest BCUT2D eigenvalue weighted by atomic mass is 19.4. The number of nitrogens with zero attached hydrogens (tertiary/aromatic N) is 7. The molecule has 10 nitrogen and oxygen atoms in total. The Kier molecular flexibility index (Phi) is 6.50. The summed E-state index contributed by atoms with van der Waals surface area (Å²) in [6.45, 7) is 0.0115. The molecule has 4 heterocycles. The number of anilines is 1. The average molecular weight is 510 g/mol.